The summed E-state index contributed by atoms with van der Waals surface area (Å²) in [6, 6.07) is 0. The highest BCUT2D eigenvalue weighted by molar-refractivity contribution is 7.46. The van der Waals surface area contributed by atoms with Crippen molar-refractivity contribution in [3.8, 4) is 0 Å². The van der Waals surface area contributed by atoms with Crippen LogP contribution in [0, 0.1) is 17.3 Å². The summed E-state index contributed by atoms with van der Waals surface area (Å²) >= 11 is 0. The van der Waals surface area contributed by atoms with E-state index in [0.29, 0.717) is 5.41 Å². The Balaban J connectivity index is 0. The van der Waals surface area contributed by atoms with E-state index in [0.717, 1.165) is 11.8 Å². The third-order valence-corrected chi connectivity index (χ3v) is 4.23. The molecule has 0 bridgehead atoms. The molecule has 2 unspecified atom stereocenters. The van der Waals surface area contributed by atoms with Crippen LogP contribution in [0.5, 0.6) is 0 Å². The topological polar surface area (TPSA) is 83.8 Å². The molecule has 96 valence electrons. The van der Waals surface area contributed by atoms with Gasteiger partial charge in [0, 0.05) is 9.13 Å². The van der Waals surface area contributed by atoms with Gasteiger partial charge in [0.2, 0.25) is 0 Å². The highest BCUT2D eigenvalue weighted by atomic mass is 31.2. The molecule has 0 amide bonds. The lowest BCUT2D eigenvalue weighted by atomic mass is 9.72. The van der Waals surface area contributed by atoms with Crippen molar-refractivity contribution in [3.05, 3.63) is 0 Å². The van der Waals surface area contributed by atoms with E-state index in [1.54, 1.807) is 0 Å². The van der Waals surface area contributed by atoms with Gasteiger partial charge in [0.15, 0.2) is 4.31 Å². The molecule has 0 radical (unpaired) electrons. The second-order valence-corrected chi connectivity index (χ2v) is 6.29. The third-order valence-electron chi connectivity index (χ3n) is 3.12. The lowest BCUT2D eigenvalue weighted by Crippen LogP contribution is -2.25. The Morgan fingerprint density at radius 3 is 1.19 bits per heavy atom. The molecule has 0 aliphatic heterocycles. The molecule has 0 fully saturated rings. The Kier molecular flexibility index (Phi) is 9.47. The van der Waals surface area contributed by atoms with Crippen LogP contribution in [0.25, 0.3) is 0 Å². The molecule has 0 saturated carbocycles. The van der Waals surface area contributed by atoms with Crippen molar-refractivity contribution in [3.63, 3.8) is 0 Å². The van der Waals surface area contributed by atoms with Gasteiger partial charge in [0.1, 0.15) is 0 Å². The molecule has 2 N–H and O–H groups in total. The second-order valence-electron chi connectivity index (χ2n) is 4.69. The molecule has 0 spiro atoms. The van der Waals surface area contributed by atoms with Gasteiger partial charge in [-0.25, -0.2) is 0 Å². The maximum Gasteiger partial charge on any atom is 0.745 e. The normalized spacial score (nSPS) is 13.4. The molecule has 16 heavy (non-hydrogen) atoms. The standard InChI is InChI=1S/C9H20.O5P2/c1-7(2)9(5,6)8(3)4;1-6(2)5-7(3)4/h7-8H,1-6H3;/p+2. The molecule has 0 aliphatic rings. The van der Waals surface area contributed by atoms with E-state index < -0.39 is 16.5 Å². The Hall–Kier alpha value is 0.0800. The summed E-state index contributed by atoms with van der Waals surface area (Å²) in [6.07, 6.45) is 0. The average Bonchev–Trinajstić information content (AvgIpc) is 2.01. The first-order valence-corrected chi connectivity index (χ1v) is 7.28. The zero-order valence-corrected chi connectivity index (χ0v) is 12.5. The van der Waals surface area contributed by atoms with Crippen LogP contribution >= 0.6 is 16.5 Å². The van der Waals surface area contributed by atoms with Gasteiger partial charge in [-0.2, -0.15) is 0 Å². The molecule has 0 aliphatic carbocycles. The van der Waals surface area contributed by atoms with Crippen molar-refractivity contribution >= 4 is 16.5 Å². The van der Waals surface area contributed by atoms with Gasteiger partial charge in [0.25, 0.3) is 0 Å². The fraction of sp³-hybridized carbons (Fsp3) is 1.00. The molecule has 0 rings (SSSR count). The predicted octanol–water partition coefficient (Wildman–Crippen LogP) is 3.63. The van der Waals surface area contributed by atoms with Crippen LogP contribution < -0.4 is 0 Å². The van der Waals surface area contributed by atoms with Crippen LogP contribution in [0.2, 0.25) is 0 Å². The van der Waals surface area contributed by atoms with E-state index in [1.807, 2.05) is 0 Å². The maximum atomic E-state index is 9.39. The highest BCUT2D eigenvalue weighted by Crippen LogP contribution is 2.33. The first kappa shape index (κ1) is 18.4. The first-order chi connectivity index (χ1) is 7.01. The first-order valence-electron chi connectivity index (χ1n) is 5.02. The van der Waals surface area contributed by atoms with Crippen LogP contribution in [-0.4, -0.2) is 9.79 Å². The van der Waals surface area contributed by atoms with Gasteiger partial charge in [-0.05, 0) is 17.3 Å². The maximum absolute atomic E-state index is 9.39. The van der Waals surface area contributed by atoms with Crippen molar-refractivity contribution in [1.29, 1.82) is 0 Å². The lowest BCUT2D eigenvalue weighted by molar-refractivity contribution is 0.165. The summed E-state index contributed by atoms with van der Waals surface area (Å²) in [5.74, 6) is 1.58. The van der Waals surface area contributed by atoms with E-state index in [4.69, 9.17) is 9.79 Å². The van der Waals surface area contributed by atoms with E-state index in [2.05, 4.69) is 45.9 Å². The molecule has 0 aromatic heterocycles. The summed E-state index contributed by atoms with van der Waals surface area (Å²) in [6.45, 7) is 13.8. The summed E-state index contributed by atoms with van der Waals surface area (Å²) in [5.41, 5.74) is 0.500. The summed E-state index contributed by atoms with van der Waals surface area (Å²) in [5, 5.41) is 0. The molecule has 0 aromatic carbocycles. The summed E-state index contributed by atoms with van der Waals surface area (Å²) in [7, 11) is -5.85. The SMILES string of the molecule is CC(C)C(C)(C)C(C)C.O=[P+](O)O[P+](=O)O. The second kappa shape index (κ2) is 8.21. The van der Waals surface area contributed by atoms with Gasteiger partial charge in [-0.3, -0.25) is 0 Å². The van der Waals surface area contributed by atoms with Gasteiger partial charge >= 0.3 is 16.5 Å². The molecule has 5 nitrogen and oxygen atoms in total. The Bertz CT molecular complexity index is 216. The van der Waals surface area contributed by atoms with E-state index in [9.17, 15) is 9.13 Å². The largest absolute Gasteiger partial charge is 0.745 e. The van der Waals surface area contributed by atoms with Crippen molar-refractivity contribution in [2.45, 2.75) is 41.5 Å². The zero-order valence-electron chi connectivity index (χ0n) is 10.7. The molecule has 0 saturated heterocycles. The summed E-state index contributed by atoms with van der Waals surface area (Å²) < 4.78 is 22.2. The van der Waals surface area contributed by atoms with E-state index in [-0.39, 0.29) is 0 Å². The average molecular weight is 272 g/mol. The third kappa shape index (κ3) is 9.32. The number of hydrogen-bond donors (Lipinski definition) is 2. The highest BCUT2D eigenvalue weighted by Gasteiger charge is 2.31. The lowest BCUT2D eigenvalue weighted by Gasteiger charge is -2.33. The molecular weight excluding hydrogens is 250 g/mol. The Morgan fingerprint density at radius 2 is 1.19 bits per heavy atom. The van der Waals surface area contributed by atoms with E-state index >= 15 is 0 Å². The van der Waals surface area contributed by atoms with Gasteiger partial charge in [-0.1, -0.05) is 41.5 Å². The van der Waals surface area contributed by atoms with Crippen molar-refractivity contribution in [1.82, 2.24) is 0 Å². The molecule has 0 aromatic rings. The van der Waals surface area contributed by atoms with Crippen LogP contribution in [0.3, 0.4) is 0 Å². The quantitative estimate of drug-likeness (QED) is 0.763. The van der Waals surface area contributed by atoms with Crippen molar-refractivity contribution in [2.75, 3.05) is 0 Å². The van der Waals surface area contributed by atoms with Crippen LogP contribution in [0.1, 0.15) is 41.5 Å². The fourth-order valence-corrected chi connectivity index (χ4v) is 1.20. The Labute approximate surface area is 99.1 Å². The van der Waals surface area contributed by atoms with Gasteiger partial charge in [-0.15, -0.1) is 9.79 Å². The number of rotatable bonds is 4. The minimum Gasteiger partial charge on any atom is -0.131 e. The summed E-state index contributed by atoms with van der Waals surface area (Å²) in [4.78, 5) is 15.3. The van der Waals surface area contributed by atoms with Gasteiger partial charge < -0.3 is 0 Å². The monoisotopic (exact) mass is 272 g/mol. The molecule has 0 heterocycles. The fourth-order valence-electron chi connectivity index (χ4n) is 0.726. The van der Waals surface area contributed by atoms with Crippen molar-refractivity contribution < 1.29 is 23.2 Å². The zero-order chi connectivity index (χ0) is 13.5. The van der Waals surface area contributed by atoms with Crippen molar-refractivity contribution in [2.24, 2.45) is 17.3 Å². The van der Waals surface area contributed by atoms with Crippen LogP contribution in [0.4, 0.5) is 0 Å². The molecular formula is C9H22O5P2+2. The Morgan fingerprint density at radius 1 is 0.938 bits per heavy atom. The predicted molar refractivity (Wildman–Crippen MR) is 64.2 cm³/mol. The minimum atomic E-state index is -2.92. The van der Waals surface area contributed by atoms with Crippen LogP contribution in [-0.2, 0) is 13.4 Å². The van der Waals surface area contributed by atoms with Crippen LogP contribution in [0.15, 0.2) is 0 Å². The number of hydrogen-bond acceptors (Lipinski definition) is 3. The van der Waals surface area contributed by atoms with Gasteiger partial charge in [0.05, 0.1) is 0 Å². The smallest absolute Gasteiger partial charge is 0.131 e. The van der Waals surface area contributed by atoms with E-state index in [1.165, 1.54) is 0 Å². The molecule has 2 atom stereocenters. The molecule has 7 heteroatoms. The minimum absolute atomic E-state index is 0.500.